The lowest BCUT2D eigenvalue weighted by Crippen LogP contribution is -2.29. The summed E-state index contributed by atoms with van der Waals surface area (Å²) in [7, 11) is -1.90. The molecule has 11 heteroatoms. The fraction of sp³-hybridized carbons (Fsp3) is 0.375. The molecule has 0 fully saturated rings. The van der Waals surface area contributed by atoms with Crippen LogP contribution in [0.4, 0.5) is 5.82 Å². The highest BCUT2D eigenvalue weighted by molar-refractivity contribution is 7.89. The summed E-state index contributed by atoms with van der Waals surface area (Å²) < 4.78 is 31.0. The molecule has 0 aliphatic carbocycles. The molecule has 0 unspecified atom stereocenters. The van der Waals surface area contributed by atoms with E-state index in [-0.39, 0.29) is 11.4 Å². The Morgan fingerprint density at radius 2 is 1.89 bits per heavy atom. The second-order valence-electron chi connectivity index (χ2n) is 6.05. The molecule has 10 nitrogen and oxygen atoms in total. The normalized spacial score (nSPS) is 11.7. The molecule has 144 valence electrons. The van der Waals surface area contributed by atoms with Gasteiger partial charge in [0, 0.05) is 38.6 Å². The van der Waals surface area contributed by atoms with Gasteiger partial charge in [-0.05, 0) is 20.8 Å². The molecule has 0 saturated carbocycles. The summed E-state index contributed by atoms with van der Waals surface area (Å²) in [4.78, 5) is 12.8. The Hall–Kier alpha value is -2.79. The van der Waals surface area contributed by atoms with Crippen LogP contribution in [0.25, 0.3) is 5.82 Å². The van der Waals surface area contributed by atoms with E-state index in [1.807, 2.05) is 17.7 Å². The Bertz CT molecular complexity index is 1050. The number of imidazole rings is 1. The third kappa shape index (κ3) is 3.98. The van der Waals surface area contributed by atoms with Gasteiger partial charge in [-0.25, -0.2) is 28.1 Å². The lowest BCUT2D eigenvalue weighted by Gasteiger charge is -2.10. The van der Waals surface area contributed by atoms with Gasteiger partial charge in [-0.2, -0.15) is 5.10 Å². The highest BCUT2D eigenvalue weighted by Crippen LogP contribution is 2.18. The lowest BCUT2D eigenvalue weighted by molar-refractivity contribution is 0.581. The molecule has 0 radical (unpaired) electrons. The maximum atomic E-state index is 12.5. The molecule has 3 aromatic rings. The van der Waals surface area contributed by atoms with Crippen LogP contribution in [0, 0.1) is 20.8 Å². The summed E-state index contributed by atoms with van der Waals surface area (Å²) in [5.41, 5.74) is 1.08. The van der Waals surface area contributed by atoms with Gasteiger partial charge >= 0.3 is 0 Å². The summed E-state index contributed by atoms with van der Waals surface area (Å²) in [6, 6.07) is 1.78. The molecular formula is C16H22N8O2S. The summed E-state index contributed by atoms with van der Waals surface area (Å²) in [5, 5.41) is 7.24. The van der Waals surface area contributed by atoms with E-state index in [0.29, 0.717) is 29.6 Å². The van der Waals surface area contributed by atoms with E-state index in [1.54, 1.807) is 37.8 Å². The number of hydrogen-bond acceptors (Lipinski definition) is 7. The van der Waals surface area contributed by atoms with E-state index in [4.69, 9.17) is 0 Å². The number of hydrogen-bond donors (Lipinski definition) is 2. The quantitative estimate of drug-likeness (QED) is 0.570. The van der Waals surface area contributed by atoms with E-state index in [2.05, 4.69) is 30.1 Å². The molecule has 0 aromatic carbocycles. The van der Waals surface area contributed by atoms with Crippen LogP contribution in [0.3, 0.4) is 0 Å². The number of nitrogens with zero attached hydrogens (tertiary/aromatic N) is 6. The van der Waals surface area contributed by atoms with Crippen LogP contribution < -0.4 is 10.0 Å². The van der Waals surface area contributed by atoms with Crippen molar-refractivity contribution in [2.75, 3.05) is 18.4 Å². The number of anilines is 1. The second kappa shape index (κ2) is 7.45. The van der Waals surface area contributed by atoms with E-state index in [9.17, 15) is 8.42 Å². The first-order valence-corrected chi connectivity index (χ1v) is 9.84. The van der Waals surface area contributed by atoms with Gasteiger partial charge in [-0.15, -0.1) is 0 Å². The number of nitrogens with one attached hydrogen (secondary N) is 2. The van der Waals surface area contributed by atoms with Gasteiger partial charge in [-0.1, -0.05) is 0 Å². The van der Waals surface area contributed by atoms with Crippen molar-refractivity contribution in [2.24, 2.45) is 7.05 Å². The van der Waals surface area contributed by atoms with Gasteiger partial charge in [0.05, 0.1) is 11.4 Å². The Morgan fingerprint density at radius 1 is 1.11 bits per heavy atom. The zero-order valence-corrected chi connectivity index (χ0v) is 16.4. The predicted octanol–water partition coefficient (Wildman–Crippen LogP) is 0.711. The van der Waals surface area contributed by atoms with E-state index >= 15 is 0 Å². The largest absolute Gasteiger partial charge is 0.369 e. The van der Waals surface area contributed by atoms with Crippen molar-refractivity contribution in [1.29, 1.82) is 0 Å². The van der Waals surface area contributed by atoms with E-state index in [0.717, 1.165) is 5.82 Å². The molecule has 0 aliphatic heterocycles. The van der Waals surface area contributed by atoms with Crippen molar-refractivity contribution in [1.82, 2.24) is 34.0 Å². The fourth-order valence-electron chi connectivity index (χ4n) is 2.79. The van der Waals surface area contributed by atoms with Gasteiger partial charge in [-0.3, -0.25) is 9.25 Å². The minimum Gasteiger partial charge on any atom is -0.369 e. The maximum Gasteiger partial charge on any atom is 0.244 e. The Kier molecular flexibility index (Phi) is 5.24. The average Bonchev–Trinajstić information content (AvgIpc) is 3.15. The summed E-state index contributed by atoms with van der Waals surface area (Å²) in [5.74, 6) is 2.10. The average molecular weight is 390 g/mol. The summed E-state index contributed by atoms with van der Waals surface area (Å²) in [6.07, 6.45) is 4.96. The molecule has 3 aromatic heterocycles. The predicted molar refractivity (Wildman–Crippen MR) is 100 cm³/mol. The van der Waals surface area contributed by atoms with E-state index in [1.165, 1.54) is 6.33 Å². The second-order valence-corrected chi connectivity index (χ2v) is 7.76. The molecule has 0 amide bonds. The zero-order valence-electron chi connectivity index (χ0n) is 15.6. The van der Waals surface area contributed by atoms with Gasteiger partial charge in [0.2, 0.25) is 10.0 Å². The van der Waals surface area contributed by atoms with Crippen LogP contribution in [0.1, 0.15) is 17.2 Å². The molecular weight excluding hydrogens is 368 g/mol. The highest BCUT2D eigenvalue weighted by atomic mass is 32.2. The number of rotatable bonds is 7. The minimum atomic E-state index is -3.62. The molecule has 3 heterocycles. The van der Waals surface area contributed by atoms with Crippen LogP contribution in [0.15, 0.2) is 29.7 Å². The monoisotopic (exact) mass is 390 g/mol. The first-order chi connectivity index (χ1) is 12.8. The Labute approximate surface area is 157 Å². The number of sulfonamides is 1. The van der Waals surface area contributed by atoms with Crippen LogP contribution in [0.5, 0.6) is 0 Å². The maximum absolute atomic E-state index is 12.5. The molecule has 0 atom stereocenters. The first-order valence-electron chi connectivity index (χ1n) is 8.35. The van der Waals surface area contributed by atoms with Crippen molar-refractivity contribution in [3.63, 3.8) is 0 Å². The third-order valence-electron chi connectivity index (χ3n) is 4.16. The number of aromatic nitrogens is 6. The van der Waals surface area contributed by atoms with Crippen LogP contribution in [-0.2, 0) is 17.1 Å². The molecule has 3 rings (SSSR count). The fourth-order valence-corrected chi connectivity index (χ4v) is 4.25. The topological polar surface area (TPSA) is 120 Å². The van der Waals surface area contributed by atoms with E-state index < -0.39 is 10.0 Å². The standard InChI is InChI=1S/C16H22N8O2S/c1-11-16(12(2)23(4)22-11)27(25,26)21-6-5-18-14-9-15(20-10-19-14)24-8-7-17-13(24)3/h7-10,21H,5-6H2,1-4H3,(H,18,19,20). The van der Waals surface area contributed by atoms with Crippen LogP contribution >= 0.6 is 0 Å². The molecule has 2 N–H and O–H groups in total. The minimum absolute atomic E-state index is 0.208. The van der Waals surface area contributed by atoms with Gasteiger partial charge in [0.15, 0.2) is 0 Å². The molecule has 0 bridgehead atoms. The number of aryl methyl sites for hydroxylation is 3. The molecule has 0 saturated heterocycles. The van der Waals surface area contributed by atoms with Crippen molar-refractivity contribution < 1.29 is 8.42 Å². The third-order valence-corrected chi connectivity index (χ3v) is 5.87. The van der Waals surface area contributed by atoms with Crippen molar-refractivity contribution in [2.45, 2.75) is 25.7 Å². The van der Waals surface area contributed by atoms with Crippen molar-refractivity contribution in [3.8, 4) is 5.82 Å². The van der Waals surface area contributed by atoms with Gasteiger partial charge in [0.1, 0.15) is 28.7 Å². The molecule has 0 aliphatic rings. The Balaban J connectivity index is 1.61. The van der Waals surface area contributed by atoms with Gasteiger partial charge in [0.25, 0.3) is 0 Å². The smallest absolute Gasteiger partial charge is 0.244 e. The highest BCUT2D eigenvalue weighted by Gasteiger charge is 2.23. The lowest BCUT2D eigenvalue weighted by atomic mass is 10.4. The van der Waals surface area contributed by atoms with Crippen LogP contribution in [0.2, 0.25) is 0 Å². The van der Waals surface area contributed by atoms with Gasteiger partial charge < -0.3 is 5.32 Å². The van der Waals surface area contributed by atoms with Crippen molar-refractivity contribution >= 4 is 15.8 Å². The zero-order chi connectivity index (χ0) is 19.6. The molecule has 0 spiro atoms. The molecule has 27 heavy (non-hydrogen) atoms. The summed E-state index contributed by atoms with van der Waals surface area (Å²) >= 11 is 0. The van der Waals surface area contributed by atoms with Crippen molar-refractivity contribution in [3.05, 3.63) is 42.0 Å². The SMILES string of the molecule is Cc1nn(C)c(C)c1S(=O)(=O)NCCNc1cc(-n2ccnc2C)ncn1. The Morgan fingerprint density at radius 3 is 2.52 bits per heavy atom. The summed E-state index contributed by atoms with van der Waals surface area (Å²) in [6.45, 7) is 5.87. The first kappa shape index (κ1) is 19.0. The van der Waals surface area contributed by atoms with Crippen LogP contribution in [-0.4, -0.2) is 50.8 Å².